The molecule has 0 saturated carbocycles. The molecule has 5 nitrogen and oxygen atoms in total. The Bertz CT molecular complexity index is 933. The van der Waals surface area contributed by atoms with Crippen LogP contribution >= 0.6 is 0 Å². The van der Waals surface area contributed by atoms with Crippen LogP contribution in [0.1, 0.15) is 25.0 Å². The van der Waals surface area contributed by atoms with Gasteiger partial charge < -0.3 is 14.4 Å². The first kappa shape index (κ1) is 17.3. The first-order valence-corrected chi connectivity index (χ1v) is 9.09. The molecule has 2 heterocycles. The minimum atomic E-state index is -0.871. The lowest BCUT2D eigenvalue weighted by atomic mass is 10.1. The molecule has 0 spiro atoms. The van der Waals surface area contributed by atoms with Crippen LogP contribution in [0.15, 0.2) is 54.1 Å². The topological polar surface area (TPSA) is 55.8 Å². The second kappa shape index (κ2) is 6.91. The number of amides is 1. The summed E-state index contributed by atoms with van der Waals surface area (Å²) < 4.78 is 11.1. The summed E-state index contributed by atoms with van der Waals surface area (Å²) in [5.74, 6) is 0.00434. The maximum absolute atomic E-state index is 12.9. The third-order valence-electron chi connectivity index (χ3n) is 4.97. The number of rotatable bonds is 3. The number of carbonyl (C=O) groups excluding carboxylic acids is 2. The lowest BCUT2D eigenvalue weighted by Gasteiger charge is -2.26. The molecule has 0 unspecified atom stereocenters. The predicted molar refractivity (Wildman–Crippen MR) is 103 cm³/mol. The van der Waals surface area contributed by atoms with E-state index in [2.05, 4.69) is 0 Å². The average molecular weight is 363 g/mol. The molecule has 4 rings (SSSR count). The highest BCUT2D eigenvalue weighted by molar-refractivity contribution is 6.02. The van der Waals surface area contributed by atoms with Crippen molar-refractivity contribution in [2.24, 2.45) is 0 Å². The molecular weight excluding hydrogens is 342 g/mol. The van der Waals surface area contributed by atoms with E-state index in [0.717, 1.165) is 29.0 Å². The summed E-state index contributed by atoms with van der Waals surface area (Å²) in [7, 11) is 0. The van der Waals surface area contributed by atoms with Gasteiger partial charge in [-0.25, -0.2) is 4.79 Å². The van der Waals surface area contributed by atoms with Crippen LogP contribution in [0.5, 0.6) is 5.75 Å². The van der Waals surface area contributed by atoms with E-state index in [1.165, 1.54) is 0 Å². The molecule has 0 aromatic heterocycles. The summed E-state index contributed by atoms with van der Waals surface area (Å²) in [4.78, 5) is 27.2. The SMILES string of the molecule is C[C@H](OC(=O)C1=Cc2ccccc2OC1)C(=O)N1c2ccccc2C[C@@H]1C. The highest BCUT2D eigenvalue weighted by Crippen LogP contribution is 2.33. The zero-order chi connectivity index (χ0) is 19.0. The Balaban J connectivity index is 1.48. The summed E-state index contributed by atoms with van der Waals surface area (Å²) in [5.41, 5.74) is 3.27. The fourth-order valence-corrected chi connectivity index (χ4v) is 3.62. The summed E-state index contributed by atoms with van der Waals surface area (Å²) in [6.45, 7) is 3.76. The van der Waals surface area contributed by atoms with E-state index in [-0.39, 0.29) is 18.6 Å². The zero-order valence-electron chi connectivity index (χ0n) is 15.3. The van der Waals surface area contributed by atoms with Crippen LogP contribution in [-0.2, 0) is 20.7 Å². The summed E-state index contributed by atoms with van der Waals surface area (Å²) in [6, 6.07) is 15.4. The van der Waals surface area contributed by atoms with E-state index < -0.39 is 12.1 Å². The Morgan fingerprint density at radius 1 is 1.15 bits per heavy atom. The average Bonchev–Trinajstić information content (AvgIpc) is 3.02. The molecule has 5 heteroatoms. The van der Waals surface area contributed by atoms with Crippen LogP contribution < -0.4 is 9.64 Å². The van der Waals surface area contributed by atoms with Crippen molar-refractivity contribution in [3.05, 3.63) is 65.2 Å². The van der Waals surface area contributed by atoms with Gasteiger partial charge in [0.1, 0.15) is 12.4 Å². The number of anilines is 1. The van der Waals surface area contributed by atoms with Crippen molar-refractivity contribution in [2.75, 3.05) is 11.5 Å². The number of nitrogens with zero attached hydrogens (tertiary/aromatic N) is 1. The fourth-order valence-electron chi connectivity index (χ4n) is 3.62. The molecule has 138 valence electrons. The van der Waals surface area contributed by atoms with Crippen LogP contribution in [0.3, 0.4) is 0 Å². The van der Waals surface area contributed by atoms with E-state index >= 15 is 0 Å². The third-order valence-corrected chi connectivity index (χ3v) is 4.97. The van der Waals surface area contributed by atoms with Gasteiger partial charge in [0.25, 0.3) is 5.91 Å². The minimum absolute atomic E-state index is 0.0418. The van der Waals surface area contributed by atoms with Crippen LogP contribution in [0, 0.1) is 0 Å². The Labute approximate surface area is 158 Å². The Kier molecular flexibility index (Phi) is 4.44. The number of hydrogen-bond donors (Lipinski definition) is 0. The van der Waals surface area contributed by atoms with Gasteiger partial charge in [-0.3, -0.25) is 4.79 Å². The standard InChI is InChI=1S/C22H21NO4/c1-14-11-16-7-3-5-9-19(16)23(14)21(24)15(2)27-22(25)18-12-17-8-4-6-10-20(17)26-13-18/h3-10,12,14-15H,11,13H2,1-2H3/t14-,15-/m0/s1. The van der Waals surface area contributed by atoms with Crippen molar-refractivity contribution in [3.8, 4) is 5.75 Å². The van der Waals surface area contributed by atoms with Gasteiger partial charge in [-0.2, -0.15) is 0 Å². The van der Waals surface area contributed by atoms with Crippen LogP contribution in [0.2, 0.25) is 0 Å². The van der Waals surface area contributed by atoms with Crippen LogP contribution in [0.25, 0.3) is 6.08 Å². The van der Waals surface area contributed by atoms with Crippen molar-refractivity contribution in [1.82, 2.24) is 0 Å². The molecule has 2 aromatic carbocycles. The van der Waals surface area contributed by atoms with Gasteiger partial charge in [0.2, 0.25) is 0 Å². The van der Waals surface area contributed by atoms with Crippen molar-refractivity contribution < 1.29 is 19.1 Å². The molecule has 0 fully saturated rings. The second-order valence-corrected chi connectivity index (χ2v) is 6.93. The highest BCUT2D eigenvalue weighted by Gasteiger charge is 2.35. The Morgan fingerprint density at radius 3 is 2.74 bits per heavy atom. The van der Waals surface area contributed by atoms with Crippen molar-refractivity contribution in [1.29, 1.82) is 0 Å². The second-order valence-electron chi connectivity index (χ2n) is 6.93. The number of benzene rings is 2. The van der Waals surface area contributed by atoms with Gasteiger partial charge >= 0.3 is 5.97 Å². The number of fused-ring (bicyclic) bond motifs is 2. The summed E-state index contributed by atoms with van der Waals surface area (Å²) in [6.07, 6.45) is 1.69. The number of hydrogen-bond acceptors (Lipinski definition) is 4. The lowest BCUT2D eigenvalue weighted by molar-refractivity contribution is -0.150. The number of carbonyl (C=O) groups is 2. The fraction of sp³-hybridized carbons (Fsp3) is 0.273. The van der Waals surface area contributed by atoms with Crippen LogP contribution in [0.4, 0.5) is 5.69 Å². The molecule has 2 aliphatic heterocycles. The maximum Gasteiger partial charge on any atom is 0.338 e. The van der Waals surface area contributed by atoms with Crippen molar-refractivity contribution >= 4 is 23.6 Å². The minimum Gasteiger partial charge on any atom is -0.488 e. The van der Waals surface area contributed by atoms with E-state index in [0.29, 0.717) is 5.57 Å². The van der Waals surface area contributed by atoms with Gasteiger partial charge in [0.15, 0.2) is 6.10 Å². The molecule has 2 aliphatic rings. The molecule has 0 radical (unpaired) electrons. The van der Waals surface area contributed by atoms with E-state index in [4.69, 9.17) is 9.47 Å². The molecule has 1 amide bonds. The maximum atomic E-state index is 12.9. The molecule has 0 N–H and O–H groups in total. The van der Waals surface area contributed by atoms with Crippen molar-refractivity contribution in [3.63, 3.8) is 0 Å². The Morgan fingerprint density at radius 2 is 1.89 bits per heavy atom. The monoisotopic (exact) mass is 363 g/mol. The van der Waals surface area contributed by atoms with Gasteiger partial charge in [-0.1, -0.05) is 36.4 Å². The molecule has 0 aliphatic carbocycles. The normalized spacial score (nSPS) is 18.7. The Hall–Kier alpha value is -3.08. The largest absolute Gasteiger partial charge is 0.488 e. The first-order valence-electron chi connectivity index (χ1n) is 9.09. The molecule has 2 aromatic rings. The molecule has 2 atom stereocenters. The predicted octanol–water partition coefficient (Wildman–Crippen LogP) is 3.37. The van der Waals surface area contributed by atoms with E-state index in [1.54, 1.807) is 17.9 Å². The first-order chi connectivity index (χ1) is 13.0. The summed E-state index contributed by atoms with van der Waals surface area (Å²) in [5, 5.41) is 0. The summed E-state index contributed by atoms with van der Waals surface area (Å²) >= 11 is 0. The smallest absolute Gasteiger partial charge is 0.338 e. The third kappa shape index (κ3) is 3.21. The zero-order valence-corrected chi connectivity index (χ0v) is 15.3. The highest BCUT2D eigenvalue weighted by atomic mass is 16.6. The van der Waals surface area contributed by atoms with Crippen molar-refractivity contribution in [2.45, 2.75) is 32.4 Å². The van der Waals surface area contributed by atoms with Gasteiger partial charge in [0.05, 0.1) is 5.57 Å². The number of esters is 1. The van der Waals surface area contributed by atoms with E-state index in [1.807, 2.05) is 55.5 Å². The van der Waals surface area contributed by atoms with Crippen LogP contribution in [-0.4, -0.2) is 30.6 Å². The van der Waals surface area contributed by atoms with Gasteiger partial charge in [-0.05, 0) is 44.0 Å². The van der Waals surface area contributed by atoms with Gasteiger partial charge in [0, 0.05) is 17.3 Å². The molecule has 27 heavy (non-hydrogen) atoms. The lowest BCUT2D eigenvalue weighted by Crippen LogP contribution is -2.43. The number of ether oxygens (including phenoxy) is 2. The number of para-hydroxylation sites is 2. The molecule has 0 bridgehead atoms. The molecule has 0 saturated heterocycles. The van der Waals surface area contributed by atoms with E-state index in [9.17, 15) is 9.59 Å². The quantitative estimate of drug-likeness (QED) is 0.785. The van der Waals surface area contributed by atoms with Gasteiger partial charge in [-0.15, -0.1) is 0 Å². The molecular formula is C22H21NO4.